The van der Waals surface area contributed by atoms with Crippen LogP contribution in [0.3, 0.4) is 0 Å². The summed E-state index contributed by atoms with van der Waals surface area (Å²) >= 11 is 0. The second kappa shape index (κ2) is 6.79. The van der Waals surface area contributed by atoms with Crippen LogP contribution in [-0.4, -0.2) is 24.8 Å². The summed E-state index contributed by atoms with van der Waals surface area (Å²) in [6, 6.07) is 16.6. The molecule has 0 saturated heterocycles. The third-order valence-corrected chi connectivity index (χ3v) is 4.36. The van der Waals surface area contributed by atoms with Crippen molar-refractivity contribution in [2.24, 2.45) is 7.05 Å². The van der Waals surface area contributed by atoms with E-state index >= 15 is 0 Å². The smallest absolute Gasteiger partial charge is 0.305 e. The van der Waals surface area contributed by atoms with Crippen molar-refractivity contribution in [3.05, 3.63) is 54.1 Å². The van der Waals surface area contributed by atoms with E-state index in [4.69, 9.17) is 9.47 Å². The van der Waals surface area contributed by atoms with Crippen molar-refractivity contribution in [2.75, 3.05) is 14.2 Å². The van der Waals surface area contributed by atoms with E-state index in [-0.39, 0.29) is 5.97 Å². The Morgan fingerprint density at radius 1 is 1.08 bits per heavy atom. The van der Waals surface area contributed by atoms with E-state index in [9.17, 15) is 4.79 Å². The number of carbonyl (C=O) groups is 1. The highest BCUT2D eigenvalue weighted by Gasteiger charge is 2.12. The highest BCUT2D eigenvalue weighted by atomic mass is 16.5. The Kier molecular flexibility index (Phi) is 4.56. The number of methoxy groups -OCH3 is 2. The molecule has 0 spiro atoms. The first kappa shape index (κ1) is 16.1. The number of esters is 1. The van der Waals surface area contributed by atoms with Crippen molar-refractivity contribution in [3.63, 3.8) is 0 Å². The molecule has 2 aromatic carbocycles. The van der Waals surface area contributed by atoms with Gasteiger partial charge in [0.15, 0.2) is 0 Å². The summed E-state index contributed by atoms with van der Waals surface area (Å²) in [5, 5.41) is 1.21. The van der Waals surface area contributed by atoms with Gasteiger partial charge in [-0.3, -0.25) is 4.79 Å². The van der Waals surface area contributed by atoms with E-state index in [1.807, 2.05) is 24.3 Å². The van der Waals surface area contributed by atoms with Gasteiger partial charge in [-0.15, -0.1) is 0 Å². The summed E-state index contributed by atoms with van der Waals surface area (Å²) in [5.41, 5.74) is 4.42. The number of aryl methyl sites for hydroxylation is 2. The van der Waals surface area contributed by atoms with Crippen LogP contribution < -0.4 is 4.74 Å². The van der Waals surface area contributed by atoms with Crippen molar-refractivity contribution < 1.29 is 14.3 Å². The first-order valence-corrected chi connectivity index (χ1v) is 7.92. The summed E-state index contributed by atoms with van der Waals surface area (Å²) in [5.74, 6) is 0.580. The third kappa shape index (κ3) is 3.00. The number of rotatable bonds is 5. The molecular formula is C20H21NO3. The molecule has 4 nitrogen and oxygen atoms in total. The van der Waals surface area contributed by atoms with Crippen LogP contribution in [0.1, 0.15) is 12.0 Å². The van der Waals surface area contributed by atoms with Gasteiger partial charge in [0, 0.05) is 35.6 Å². The largest absolute Gasteiger partial charge is 0.496 e. The van der Waals surface area contributed by atoms with Gasteiger partial charge in [0.05, 0.1) is 14.2 Å². The van der Waals surface area contributed by atoms with Crippen LogP contribution in [0.2, 0.25) is 0 Å². The second-order valence-corrected chi connectivity index (χ2v) is 5.75. The first-order valence-electron chi connectivity index (χ1n) is 7.92. The van der Waals surface area contributed by atoms with Crippen molar-refractivity contribution in [3.8, 4) is 17.0 Å². The summed E-state index contributed by atoms with van der Waals surface area (Å²) in [6.45, 7) is 0. The lowest BCUT2D eigenvalue weighted by Gasteiger charge is -2.11. The number of hydrogen-bond donors (Lipinski definition) is 0. The molecule has 0 unspecified atom stereocenters. The van der Waals surface area contributed by atoms with E-state index in [1.165, 1.54) is 18.0 Å². The molecule has 0 saturated carbocycles. The zero-order valence-corrected chi connectivity index (χ0v) is 14.2. The molecule has 1 heterocycles. The lowest BCUT2D eigenvalue weighted by molar-refractivity contribution is -0.140. The number of ether oxygens (including phenoxy) is 2. The molecule has 3 rings (SSSR count). The molecule has 0 fully saturated rings. The minimum absolute atomic E-state index is 0.213. The molecule has 0 bridgehead atoms. The highest BCUT2D eigenvalue weighted by molar-refractivity contribution is 5.87. The fraction of sp³-hybridized carbons (Fsp3) is 0.250. The number of hydrogen-bond acceptors (Lipinski definition) is 3. The lowest BCUT2D eigenvalue weighted by atomic mass is 10.0. The van der Waals surface area contributed by atoms with Crippen LogP contribution in [0.25, 0.3) is 22.2 Å². The van der Waals surface area contributed by atoms with Gasteiger partial charge in [-0.05, 0) is 30.2 Å². The maximum absolute atomic E-state index is 11.4. The monoisotopic (exact) mass is 323 g/mol. The Balaban J connectivity index is 1.96. The average Bonchev–Trinajstić information content (AvgIpc) is 2.96. The summed E-state index contributed by atoms with van der Waals surface area (Å²) in [4.78, 5) is 11.4. The van der Waals surface area contributed by atoms with Crippen molar-refractivity contribution in [1.82, 2.24) is 4.57 Å². The molecule has 0 radical (unpaired) electrons. The molecule has 4 heteroatoms. The minimum Gasteiger partial charge on any atom is -0.496 e. The Labute approximate surface area is 141 Å². The van der Waals surface area contributed by atoms with Gasteiger partial charge < -0.3 is 14.0 Å². The fourth-order valence-corrected chi connectivity index (χ4v) is 3.02. The molecule has 0 aliphatic heterocycles. The Morgan fingerprint density at radius 3 is 2.58 bits per heavy atom. The molecule has 0 aliphatic rings. The van der Waals surface area contributed by atoms with Crippen LogP contribution >= 0.6 is 0 Å². The SMILES string of the molecule is COC(=O)CCc1ccc(-c2cc3ccccc3n2C)cc1OC. The summed E-state index contributed by atoms with van der Waals surface area (Å²) in [7, 11) is 5.13. The Morgan fingerprint density at radius 2 is 1.88 bits per heavy atom. The van der Waals surface area contributed by atoms with E-state index in [0.717, 1.165) is 22.6 Å². The molecular weight excluding hydrogens is 302 g/mol. The molecule has 24 heavy (non-hydrogen) atoms. The molecule has 0 atom stereocenters. The average molecular weight is 323 g/mol. The minimum atomic E-state index is -0.213. The van der Waals surface area contributed by atoms with Gasteiger partial charge in [-0.25, -0.2) is 0 Å². The molecule has 1 aromatic heterocycles. The van der Waals surface area contributed by atoms with Gasteiger partial charge in [0.2, 0.25) is 0 Å². The highest BCUT2D eigenvalue weighted by Crippen LogP contribution is 2.31. The van der Waals surface area contributed by atoms with Gasteiger partial charge >= 0.3 is 5.97 Å². The zero-order chi connectivity index (χ0) is 17.1. The molecule has 0 amide bonds. The van der Waals surface area contributed by atoms with Crippen molar-refractivity contribution in [2.45, 2.75) is 12.8 Å². The van der Waals surface area contributed by atoms with Gasteiger partial charge in [-0.2, -0.15) is 0 Å². The van der Waals surface area contributed by atoms with Crippen LogP contribution in [-0.2, 0) is 23.0 Å². The van der Waals surface area contributed by atoms with Crippen molar-refractivity contribution in [1.29, 1.82) is 0 Å². The number of para-hydroxylation sites is 1. The fourth-order valence-electron chi connectivity index (χ4n) is 3.02. The Bertz CT molecular complexity index is 880. The van der Waals surface area contributed by atoms with E-state index in [1.54, 1.807) is 7.11 Å². The maximum atomic E-state index is 11.4. The van der Waals surface area contributed by atoms with Crippen LogP contribution in [0.4, 0.5) is 0 Å². The predicted molar refractivity (Wildman–Crippen MR) is 95.2 cm³/mol. The number of aromatic nitrogens is 1. The Hall–Kier alpha value is -2.75. The second-order valence-electron chi connectivity index (χ2n) is 5.75. The summed E-state index contributed by atoms with van der Waals surface area (Å²) in [6.07, 6.45) is 0.950. The first-order chi connectivity index (χ1) is 11.6. The quantitative estimate of drug-likeness (QED) is 0.667. The number of benzene rings is 2. The topological polar surface area (TPSA) is 40.5 Å². The maximum Gasteiger partial charge on any atom is 0.305 e. The van der Waals surface area contributed by atoms with Gasteiger partial charge in [-0.1, -0.05) is 30.3 Å². The zero-order valence-electron chi connectivity index (χ0n) is 14.2. The number of nitrogens with zero attached hydrogens (tertiary/aromatic N) is 1. The van der Waals surface area contributed by atoms with Crippen LogP contribution in [0, 0.1) is 0 Å². The molecule has 0 N–H and O–H groups in total. The van der Waals surface area contributed by atoms with E-state index in [0.29, 0.717) is 12.8 Å². The molecule has 3 aromatic rings. The number of fused-ring (bicyclic) bond motifs is 1. The van der Waals surface area contributed by atoms with E-state index < -0.39 is 0 Å². The molecule has 124 valence electrons. The van der Waals surface area contributed by atoms with Crippen molar-refractivity contribution >= 4 is 16.9 Å². The van der Waals surface area contributed by atoms with Crippen LogP contribution in [0.5, 0.6) is 5.75 Å². The van der Waals surface area contributed by atoms with Crippen LogP contribution in [0.15, 0.2) is 48.5 Å². The molecule has 0 aliphatic carbocycles. The third-order valence-electron chi connectivity index (χ3n) is 4.36. The lowest BCUT2D eigenvalue weighted by Crippen LogP contribution is -2.03. The summed E-state index contributed by atoms with van der Waals surface area (Å²) < 4.78 is 12.4. The van der Waals surface area contributed by atoms with Gasteiger partial charge in [0.25, 0.3) is 0 Å². The van der Waals surface area contributed by atoms with E-state index in [2.05, 4.69) is 35.9 Å². The standard InChI is InChI=1S/C20H21NO3/c1-21-17-7-5-4-6-15(17)12-18(21)16-9-8-14(19(13-16)23-2)10-11-20(22)24-3/h4-9,12-13H,10-11H2,1-3H3. The normalized spacial score (nSPS) is 10.8. The predicted octanol–water partition coefficient (Wildman–Crippen LogP) is 3.96. The number of carbonyl (C=O) groups excluding carboxylic acids is 1. The van der Waals surface area contributed by atoms with Gasteiger partial charge in [0.1, 0.15) is 5.75 Å².